The van der Waals surface area contributed by atoms with E-state index < -0.39 is 12.0 Å². The summed E-state index contributed by atoms with van der Waals surface area (Å²) in [4.78, 5) is 13.1. The van der Waals surface area contributed by atoms with E-state index in [4.69, 9.17) is 21.6 Å². The summed E-state index contributed by atoms with van der Waals surface area (Å²) in [6, 6.07) is 12.6. The second-order valence-electron chi connectivity index (χ2n) is 4.44. The molecule has 0 aromatic heterocycles. The lowest BCUT2D eigenvalue weighted by atomic mass is 10.1. The summed E-state index contributed by atoms with van der Waals surface area (Å²) < 4.78 is 5.60. The summed E-state index contributed by atoms with van der Waals surface area (Å²) in [5.41, 5.74) is 0.827. The van der Waals surface area contributed by atoms with Crippen molar-refractivity contribution in [2.45, 2.75) is 12.5 Å². The minimum atomic E-state index is -1.01. The summed E-state index contributed by atoms with van der Waals surface area (Å²) in [5, 5.41) is 18.1. The number of rotatable bonds is 6. The SMILES string of the molecule is O=C(O)[C@H](Cc1ccc(Oc2ccc(O)cc2)cc1)NCl. The zero-order chi connectivity index (χ0) is 15.2. The lowest BCUT2D eigenvalue weighted by Crippen LogP contribution is -2.32. The summed E-state index contributed by atoms with van der Waals surface area (Å²) in [5.74, 6) is 0.391. The summed E-state index contributed by atoms with van der Waals surface area (Å²) in [6.07, 6.45) is 0.276. The molecule has 0 aliphatic heterocycles. The van der Waals surface area contributed by atoms with E-state index in [1.165, 1.54) is 12.1 Å². The number of phenolic OH excluding ortho intramolecular Hbond substituents is 1. The maximum Gasteiger partial charge on any atom is 0.322 e. The monoisotopic (exact) mass is 307 g/mol. The van der Waals surface area contributed by atoms with Crippen molar-refractivity contribution >= 4 is 17.7 Å². The molecule has 0 heterocycles. The van der Waals surface area contributed by atoms with Crippen molar-refractivity contribution in [3.63, 3.8) is 0 Å². The van der Waals surface area contributed by atoms with E-state index in [9.17, 15) is 9.90 Å². The van der Waals surface area contributed by atoms with Crippen LogP contribution >= 0.6 is 11.8 Å². The molecule has 0 unspecified atom stereocenters. The first-order chi connectivity index (χ1) is 10.1. The highest BCUT2D eigenvalue weighted by molar-refractivity contribution is 6.14. The number of halogens is 1. The third-order valence-electron chi connectivity index (χ3n) is 2.87. The highest BCUT2D eigenvalue weighted by Gasteiger charge is 2.16. The molecule has 0 radical (unpaired) electrons. The van der Waals surface area contributed by atoms with Crippen molar-refractivity contribution in [2.24, 2.45) is 0 Å². The molecule has 0 bridgehead atoms. The molecule has 0 spiro atoms. The number of carbonyl (C=O) groups is 1. The minimum absolute atomic E-state index is 0.172. The van der Waals surface area contributed by atoms with Crippen molar-refractivity contribution in [3.05, 3.63) is 54.1 Å². The molecule has 1 atom stereocenters. The maximum absolute atomic E-state index is 10.9. The average molecular weight is 308 g/mol. The molecule has 0 saturated heterocycles. The summed E-state index contributed by atoms with van der Waals surface area (Å²) >= 11 is 5.39. The first kappa shape index (κ1) is 15.2. The van der Waals surface area contributed by atoms with Crippen LogP contribution in [0.5, 0.6) is 17.2 Å². The van der Waals surface area contributed by atoms with Gasteiger partial charge in [-0.15, -0.1) is 0 Å². The Balaban J connectivity index is 2.01. The van der Waals surface area contributed by atoms with Gasteiger partial charge in [0.05, 0.1) is 0 Å². The van der Waals surface area contributed by atoms with Crippen molar-refractivity contribution in [1.29, 1.82) is 0 Å². The van der Waals surface area contributed by atoms with Crippen LogP contribution in [0.1, 0.15) is 5.56 Å². The number of carboxylic acid groups (broad SMARTS) is 1. The number of aromatic hydroxyl groups is 1. The molecule has 0 saturated carbocycles. The Labute approximate surface area is 126 Å². The Bertz CT molecular complexity index is 598. The van der Waals surface area contributed by atoms with Gasteiger partial charge < -0.3 is 14.9 Å². The highest BCUT2D eigenvalue weighted by atomic mass is 35.5. The van der Waals surface area contributed by atoms with Crippen LogP contribution in [0.3, 0.4) is 0 Å². The minimum Gasteiger partial charge on any atom is -0.508 e. The molecule has 0 aliphatic carbocycles. The highest BCUT2D eigenvalue weighted by Crippen LogP contribution is 2.23. The average Bonchev–Trinajstić information content (AvgIpc) is 2.48. The van der Waals surface area contributed by atoms with Gasteiger partial charge in [0.15, 0.2) is 0 Å². The topological polar surface area (TPSA) is 78.8 Å². The van der Waals surface area contributed by atoms with Gasteiger partial charge in [-0.3, -0.25) is 4.79 Å². The van der Waals surface area contributed by atoms with Crippen molar-refractivity contribution in [3.8, 4) is 17.2 Å². The van der Waals surface area contributed by atoms with Gasteiger partial charge in [0.1, 0.15) is 23.3 Å². The van der Waals surface area contributed by atoms with Gasteiger partial charge in [-0.1, -0.05) is 12.1 Å². The van der Waals surface area contributed by atoms with E-state index in [1.807, 2.05) is 0 Å². The molecular formula is C15H14ClNO4. The second-order valence-corrected chi connectivity index (χ2v) is 4.66. The van der Waals surface area contributed by atoms with Crippen LogP contribution in [0.4, 0.5) is 0 Å². The fourth-order valence-electron chi connectivity index (χ4n) is 1.75. The zero-order valence-electron chi connectivity index (χ0n) is 11.0. The Hall–Kier alpha value is -2.24. The Morgan fingerprint density at radius 3 is 2.10 bits per heavy atom. The molecule has 3 N–H and O–H groups in total. The second kappa shape index (κ2) is 6.97. The fourth-order valence-corrected chi connectivity index (χ4v) is 1.92. The summed E-state index contributed by atoms with van der Waals surface area (Å²) in [7, 11) is 0. The first-order valence-electron chi connectivity index (χ1n) is 6.23. The summed E-state index contributed by atoms with van der Waals surface area (Å²) in [6.45, 7) is 0. The molecular weight excluding hydrogens is 294 g/mol. The van der Waals surface area contributed by atoms with E-state index in [-0.39, 0.29) is 12.2 Å². The van der Waals surface area contributed by atoms with E-state index in [2.05, 4.69) is 4.84 Å². The van der Waals surface area contributed by atoms with Crippen molar-refractivity contribution in [2.75, 3.05) is 0 Å². The van der Waals surface area contributed by atoms with E-state index in [1.54, 1.807) is 36.4 Å². The predicted octanol–water partition coefficient (Wildman–Crippen LogP) is 2.92. The molecule has 110 valence electrons. The van der Waals surface area contributed by atoms with Crippen LogP contribution in [-0.2, 0) is 11.2 Å². The molecule has 6 heteroatoms. The lowest BCUT2D eigenvalue weighted by molar-refractivity contribution is -0.138. The Kier molecular flexibility index (Phi) is 5.03. The predicted molar refractivity (Wildman–Crippen MR) is 78.7 cm³/mol. The van der Waals surface area contributed by atoms with E-state index in [0.717, 1.165) is 5.56 Å². The molecule has 0 aliphatic rings. The van der Waals surface area contributed by atoms with Crippen LogP contribution in [0.25, 0.3) is 0 Å². The van der Waals surface area contributed by atoms with Crippen LogP contribution in [0, 0.1) is 0 Å². The number of nitrogens with one attached hydrogen (secondary N) is 1. The number of hydrogen-bond acceptors (Lipinski definition) is 4. The molecule has 0 amide bonds. The van der Waals surface area contributed by atoms with Gasteiger partial charge in [-0.2, -0.15) is 0 Å². The molecule has 2 aromatic rings. The van der Waals surface area contributed by atoms with Gasteiger partial charge in [0.25, 0.3) is 0 Å². The molecule has 21 heavy (non-hydrogen) atoms. The fraction of sp³-hybridized carbons (Fsp3) is 0.133. The third-order valence-corrected chi connectivity index (χ3v) is 3.13. The number of carboxylic acids is 1. The molecule has 2 rings (SSSR count). The number of ether oxygens (including phenoxy) is 1. The standard InChI is InChI=1S/C15H14ClNO4/c16-17-14(15(19)20)9-10-1-5-12(6-2-10)21-13-7-3-11(18)4-8-13/h1-8,14,17-18H,9H2,(H,19,20)/t14-/m0/s1. The number of benzene rings is 2. The largest absolute Gasteiger partial charge is 0.508 e. The lowest BCUT2D eigenvalue weighted by Gasteiger charge is -2.10. The van der Waals surface area contributed by atoms with Crippen LogP contribution < -0.4 is 9.57 Å². The maximum atomic E-state index is 10.9. The first-order valence-corrected chi connectivity index (χ1v) is 6.61. The number of phenols is 1. The molecule has 0 fully saturated rings. The Morgan fingerprint density at radius 1 is 1.10 bits per heavy atom. The van der Waals surface area contributed by atoms with Gasteiger partial charge in [-0.05, 0) is 60.2 Å². The van der Waals surface area contributed by atoms with Gasteiger partial charge in [0, 0.05) is 0 Å². The number of hydrogen-bond donors (Lipinski definition) is 3. The van der Waals surface area contributed by atoms with E-state index >= 15 is 0 Å². The molecule has 5 nitrogen and oxygen atoms in total. The van der Waals surface area contributed by atoms with Crippen LogP contribution in [-0.4, -0.2) is 22.2 Å². The van der Waals surface area contributed by atoms with E-state index in [0.29, 0.717) is 11.5 Å². The van der Waals surface area contributed by atoms with Crippen LogP contribution in [0.2, 0.25) is 0 Å². The Morgan fingerprint density at radius 2 is 1.62 bits per heavy atom. The van der Waals surface area contributed by atoms with Gasteiger partial charge in [-0.25, -0.2) is 4.84 Å². The van der Waals surface area contributed by atoms with Crippen molar-refractivity contribution in [1.82, 2.24) is 4.84 Å². The smallest absolute Gasteiger partial charge is 0.322 e. The van der Waals surface area contributed by atoms with Crippen LogP contribution in [0.15, 0.2) is 48.5 Å². The molecule has 2 aromatic carbocycles. The third kappa shape index (κ3) is 4.37. The normalized spacial score (nSPS) is 11.9. The zero-order valence-corrected chi connectivity index (χ0v) is 11.7. The van der Waals surface area contributed by atoms with Gasteiger partial charge >= 0.3 is 5.97 Å². The number of aliphatic carboxylic acids is 1. The van der Waals surface area contributed by atoms with Crippen molar-refractivity contribution < 1.29 is 19.7 Å². The van der Waals surface area contributed by atoms with Gasteiger partial charge in [0.2, 0.25) is 0 Å². The quantitative estimate of drug-likeness (QED) is 0.715.